The second-order valence-electron chi connectivity index (χ2n) is 4.44. The van der Waals surface area contributed by atoms with Crippen molar-refractivity contribution in [1.82, 2.24) is 9.36 Å². The van der Waals surface area contributed by atoms with E-state index < -0.39 is 0 Å². The summed E-state index contributed by atoms with van der Waals surface area (Å²) in [7, 11) is 1.67. The summed E-state index contributed by atoms with van der Waals surface area (Å²) in [6.45, 7) is 0.633. The SMILES string of the molecule is COCCc1nsc(Nc2ccc(-c3ccco3)cc2)n1. The van der Waals surface area contributed by atoms with Gasteiger partial charge in [-0.05, 0) is 36.4 Å². The first-order valence-corrected chi connectivity index (χ1v) is 7.35. The van der Waals surface area contributed by atoms with Crippen molar-refractivity contribution in [3.05, 3.63) is 48.5 Å². The standard InChI is InChI=1S/C15H15N3O2S/c1-19-10-8-14-17-15(21-18-14)16-12-6-4-11(5-7-12)13-3-2-9-20-13/h2-7,9H,8,10H2,1H3,(H,16,17,18). The lowest BCUT2D eigenvalue weighted by molar-refractivity contribution is 0.201. The van der Waals surface area contributed by atoms with E-state index in [1.165, 1.54) is 11.5 Å². The van der Waals surface area contributed by atoms with Crippen LogP contribution in [0.25, 0.3) is 11.3 Å². The highest BCUT2D eigenvalue weighted by atomic mass is 32.1. The fourth-order valence-corrected chi connectivity index (χ4v) is 2.52. The molecule has 0 saturated heterocycles. The van der Waals surface area contributed by atoms with Gasteiger partial charge in [0, 0.05) is 36.3 Å². The van der Waals surface area contributed by atoms with Crippen LogP contribution in [0.3, 0.4) is 0 Å². The quantitative estimate of drug-likeness (QED) is 0.751. The van der Waals surface area contributed by atoms with E-state index in [-0.39, 0.29) is 0 Å². The summed E-state index contributed by atoms with van der Waals surface area (Å²) in [5.74, 6) is 1.66. The second-order valence-corrected chi connectivity index (χ2v) is 5.19. The van der Waals surface area contributed by atoms with Gasteiger partial charge in [0.1, 0.15) is 11.6 Å². The number of hydrogen-bond donors (Lipinski definition) is 1. The molecule has 1 aromatic carbocycles. The highest BCUT2D eigenvalue weighted by Gasteiger charge is 2.05. The number of benzene rings is 1. The van der Waals surface area contributed by atoms with Crippen molar-refractivity contribution in [2.75, 3.05) is 19.0 Å². The maximum Gasteiger partial charge on any atom is 0.207 e. The van der Waals surface area contributed by atoms with Crippen LogP contribution in [0.1, 0.15) is 5.82 Å². The first-order valence-electron chi connectivity index (χ1n) is 6.57. The van der Waals surface area contributed by atoms with Gasteiger partial charge in [-0.15, -0.1) is 0 Å². The number of furan rings is 1. The smallest absolute Gasteiger partial charge is 0.207 e. The molecule has 6 heteroatoms. The summed E-state index contributed by atoms with van der Waals surface area (Å²) < 4.78 is 14.7. The Hall–Kier alpha value is -2.18. The third-order valence-corrected chi connectivity index (χ3v) is 3.61. The van der Waals surface area contributed by atoms with Crippen molar-refractivity contribution in [3.8, 4) is 11.3 Å². The van der Waals surface area contributed by atoms with Gasteiger partial charge in [-0.1, -0.05) is 0 Å². The molecule has 3 rings (SSSR count). The molecule has 21 heavy (non-hydrogen) atoms. The third-order valence-electron chi connectivity index (χ3n) is 2.94. The third kappa shape index (κ3) is 3.48. The highest BCUT2D eigenvalue weighted by Crippen LogP contribution is 2.24. The fourth-order valence-electron chi connectivity index (χ4n) is 1.88. The van der Waals surface area contributed by atoms with E-state index in [1.807, 2.05) is 36.4 Å². The number of rotatable bonds is 6. The van der Waals surface area contributed by atoms with Crippen LogP contribution in [-0.4, -0.2) is 23.1 Å². The van der Waals surface area contributed by atoms with Gasteiger partial charge in [0.05, 0.1) is 12.9 Å². The summed E-state index contributed by atoms with van der Waals surface area (Å²) >= 11 is 1.35. The molecule has 5 nitrogen and oxygen atoms in total. The van der Waals surface area contributed by atoms with Crippen molar-refractivity contribution in [2.45, 2.75) is 6.42 Å². The maximum atomic E-state index is 5.37. The molecular formula is C15H15N3O2S. The van der Waals surface area contributed by atoms with Crippen LogP contribution in [-0.2, 0) is 11.2 Å². The Kier molecular flexibility index (Phi) is 4.28. The van der Waals surface area contributed by atoms with Crippen LogP contribution >= 0.6 is 11.5 Å². The Morgan fingerprint density at radius 2 is 2.10 bits per heavy atom. The summed E-state index contributed by atoms with van der Waals surface area (Å²) in [6, 6.07) is 11.8. The van der Waals surface area contributed by atoms with Crippen molar-refractivity contribution in [2.24, 2.45) is 0 Å². The number of ether oxygens (including phenoxy) is 1. The summed E-state index contributed by atoms with van der Waals surface area (Å²) in [5, 5.41) is 4.03. The molecule has 2 heterocycles. The van der Waals surface area contributed by atoms with Crippen LogP contribution in [0.15, 0.2) is 47.1 Å². The summed E-state index contributed by atoms with van der Waals surface area (Å²) in [5.41, 5.74) is 2.02. The summed E-state index contributed by atoms with van der Waals surface area (Å²) in [4.78, 5) is 4.41. The van der Waals surface area contributed by atoms with Gasteiger partial charge >= 0.3 is 0 Å². The van der Waals surface area contributed by atoms with Gasteiger partial charge in [0.15, 0.2) is 0 Å². The van der Waals surface area contributed by atoms with Crippen molar-refractivity contribution < 1.29 is 9.15 Å². The normalized spacial score (nSPS) is 10.7. The zero-order valence-corrected chi connectivity index (χ0v) is 12.4. The van der Waals surface area contributed by atoms with E-state index in [1.54, 1.807) is 13.4 Å². The number of nitrogens with one attached hydrogen (secondary N) is 1. The molecule has 0 fully saturated rings. The van der Waals surface area contributed by atoms with Crippen molar-refractivity contribution >= 4 is 22.4 Å². The number of aromatic nitrogens is 2. The molecule has 108 valence electrons. The molecule has 0 aliphatic carbocycles. The Morgan fingerprint density at radius 3 is 2.81 bits per heavy atom. The average Bonchev–Trinajstić information content (AvgIpc) is 3.17. The van der Waals surface area contributed by atoms with Gasteiger partial charge < -0.3 is 14.5 Å². The number of methoxy groups -OCH3 is 1. The molecule has 0 atom stereocenters. The zero-order chi connectivity index (χ0) is 14.5. The summed E-state index contributed by atoms with van der Waals surface area (Å²) in [6.07, 6.45) is 2.40. The molecule has 0 aliphatic heterocycles. The largest absolute Gasteiger partial charge is 0.464 e. The average molecular weight is 301 g/mol. The Labute approximate surface area is 126 Å². The van der Waals surface area contributed by atoms with Gasteiger partial charge in [-0.2, -0.15) is 4.37 Å². The zero-order valence-electron chi connectivity index (χ0n) is 11.6. The molecule has 1 N–H and O–H groups in total. The molecule has 0 spiro atoms. The van der Waals surface area contributed by atoms with E-state index in [9.17, 15) is 0 Å². The molecular weight excluding hydrogens is 286 g/mol. The van der Waals surface area contributed by atoms with E-state index in [0.717, 1.165) is 34.4 Å². The first kappa shape index (κ1) is 13.8. The van der Waals surface area contributed by atoms with Gasteiger partial charge in [0.2, 0.25) is 5.13 Å². The van der Waals surface area contributed by atoms with E-state index in [0.29, 0.717) is 6.61 Å². The molecule has 0 aliphatic rings. The molecule has 0 radical (unpaired) electrons. The lowest BCUT2D eigenvalue weighted by atomic mass is 10.1. The highest BCUT2D eigenvalue weighted by molar-refractivity contribution is 7.09. The second kappa shape index (κ2) is 6.51. The lowest BCUT2D eigenvalue weighted by Crippen LogP contribution is -1.96. The van der Waals surface area contributed by atoms with Crippen LogP contribution in [0.4, 0.5) is 10.8 Å². The molecule has 0 bridgehead atoms. The molecule has 0 amide bonds. The number of anilines is 2. The van der Waals surface area contributed by atoms with Crippen LogP contribution in [0.5, 0.6) is 0 Å². The minimum absolute atomic E-state index is 0.633. The van der Waals surface area contributed by atoms with Crippen molar-refractivity contribution in [3.63, 3.8) is 0 Å². The maximum absolute atomic E-state index is 5.37. The monoisotopic (exact) mass is 301 g/mol. The Bertz CT molecular complexity index is 677. The predicted molar refractivity (Wildman–Crippen MR) is 82.9 cm³/mol. The van der Waals surface area contributed by atoms with Gasteiger partial charge in [-0.3, -0.25) is 0 Å². The number of hydrogen-bond acceptors (Lipinski definition) is 6. The minimum Gasteiger partial charge on any atom is -0.464 e. The van der Waals surface area contributed by atoms with Gasteiger partial charge in [-0.25, -0.2) is 4.98 Å². The van der Waals surface area contributed by atoms with Gasteiger partial charge in [0.25, 0.3) is 0 Å². The number of nitrogens with zero attached hydrogens (tertiary/aromatic N) is 2. The Morgan fingerprint density at radius 1 is 1.24 bits per heavy atom. The molecule has 0 saturated carbocycles. The van der Waals surface area contributed by atoms with Crippen LogP contribution in [0, 0.1) is 0 Å². The van der Waals surface area contributed by atoms with E-state index in [2.05, 4.69) is 14.7 Å². The van der Waals surface area contributed by atoms with Crippen LogP contribution in [0.2, 0.25) is 0 Å². The predicted octanol–water partition coefficient (Wildman–Crippen LogP) is 3.73. The van der Waals surface area contributed by atoms with Crippen LogP contribution < -0.4 is 5.32 Å². The van der Waals surface area contributed by atoms with Crippen molar-refractivity contribution in [1.29, 1.82) is 0 Å². The Balaban J connectivity index is 1.66. The lowest BCUT2D eigenvalue weighted by Gasteiger charge is -2.03. The molecule has 2 aromatic heterocycles. The molecule has 0 unspecified atom stereocenters. The van der Waals surface area contributed by atoms with E-state index in [4.69, 9.17) is 9.15 Å². The molecule has 3 aromatic rings. The topological polar surface area (TPSA) is 60.2 Å². The minimum atomic E-state index is 0.633. The fraction of sp³-hybridized carbons (Fsp3) is 0.200. The first-order chi connectivity index (χ1) is 10.3. The van der Waals surface area contributed by atoms with E-state index >= 15 is 0 Å².